The fourth-order valence-electron chi connectivity index (χ4n) is 4.76. The van der Waals surface area contributed by atoms with Gasteiger partial charge in [0.2, 0.25) is 0 Å². The zero-order chi connectivity index (χ0) is 24.9. The number of pyridine rings is 1. The maximum Gasteiger partial charge on any atom is 0.180 e. The van der Waals surface area contributed by atoms with E-state index in [4.69, 9.17) is 23.2 Å². The molecular formula is C27H20Cl2N6O. The van der Waals surface area contributed by atoms with Crippen LogP contribution in [-0.2, 0) is 19.1 Å². The van der Waals surface area contributed by atoms with Crippen LogP contribution in [0.2, 0.25) is 10.0 Å². The fourth-order valence-corrected chi connectivity index (χ4v) is 5.10. The molecule has 6 aromatic rings. The van der Waals surface area contributed by atoms with Crippen molar-refractivity contribution >= 4 is 39.8 Å². The lowest BCUT2D eigenvalue weighted by atomic mass is 9.82. The number of halogens is 2. The van der Waals surface area contributed by atoms with Gasteiger partial charge >= 0.3 is 0 Å². The van der Waals surface area contributed by atoms with Crippen LogP contribution in [0.4, 0.5) is 0 Å². The van der Waals surface area contributed by atoms with Crippen LogP contribution in [0.5, 0.6) is 0 Å². The summed E-state index contributed by atoms with van der Waals surface area (Å²) >= 11 is 12.4. The molecule has 178 valence electrons. The standard InChI is InChI=1S/C27H20Cl2N6O/c1-34-16-30-15-25(34)27(36,19-5-8-21(28)9-6-19)20-7-10-24-23(14-20)18(13-26-31-32-33-35(24)26)11-17-3-2-4-22(29)12-17/h2-10,12-16,36H,11H2,1H3. The summed E-state index contributed by atoms with van der Waals surface area (Å²) in [4.78, 5) is 4.27. The van der Waals surface area contributed by atoms with Gasteiger partial charge < -0.3 is 9.67 Å². The molecule has 3 heterocycles. The first-order chi connectivity index (χ1) is 17.4. The minimum Gasteiger partial charge on any atom is -0.374 e. The van der Waals surface area contributed by atoms with Crippen molar-refractivity contribution in [2.24, 2.45) is 7.05 Å². The number of hydrogen-bond acceptors (Lipinski definition) is 5. The number of rotatable bonds is 5. The van der Waals surface area contributed by atoms with E-state index in [1.54, 1.807) is 29.2 Å². The molecule has 0 fully saturated rings. The number of hydrogen-bond donors (Lipinski definition) is 1. The molecule has 0 aliphatic carbocycles. The molecule has 0 aliphatic heterocycles. The van der Waals surface area contributed by atoms with Gasteiger partial charge in [0.25, 0.3) is 0 Å². The van der Waals surface area contributed by atoms with E-state index in [9.17, 15) is 5.11 Å². The fraction of sp³-hybridized carbons (Fsp3) is 0.111. The van der Waals surface area contributed by atoms with E-state index < -0.39 is 5.60 Å². The third kappa shape index (κ3) is 3.73. The molecule has 3 aromatic heterocycles. The minimum atomic E-state index is -1.48. The summed E-state index contributed by atoms with van der Waals surface area (Å²) in [5.74, 6) is 0. The van der Waals surface area contributed by atoms with Crippen molar-refractivity contribution in [3.05, 3.63) is 123 Å². The molecule has 7 nitrogen and oxygen atoms in total. The molecule has 1 N–H and O–H groups in total. The molecule has 0 spiro atoms. The van der Waals surface area contributed by atoms with Gasteiger partial charge in [0.15, 0.2) is 11.2 Å². The van der Waals surface area contributed by atoms with Crippen LogP contribution < -0.4 is 0 Å². The third-order valence-corrected chi connectivity index (χ3v) is 7.01. The average Bonchev–Trinajstić information content (AvgIpc) is 3.53. The maximum absolute atomic E-state index is 12.4. The van der Waals surface area contributed by atoms with Gasteiger partial charge in [0.1, 0.15) is 0 Å². The zero-order valence-electron chi connectivity index (χ0n) is 19.2. The Hall–Kier alpha value is -3.78. The second-order valence-corrected chi connectivity index (χ2v) is 9.64. The third-order valence-electron chi connectivity index (χ3n) is 6.52. The second kappa shape index (κ2) is 8.71. The number of aromatic nitrogens is 6. The lowest BCUT2D eigenvalue weighted by molar-refractivity contribution is 0.117. The predicted octanol–water partition coefficient (Wildman–Crippen LogP) is 5.19. The first-order valence-corrected chi connectivity index (χ1v) is 12.0. The lowest BCUT2D eigenvalue weighted by Crippen LogP contribution is -2.31. The molecule has 0 saturated heterocycles. The Morgan fingerprint density at radius 2 is 1.72 bits per heavy atom. The molecule has 1 unspecified atom stereocenters. The number of tetrazole rings is 1. The smallest absolute Gasteiger partial charge is 0.180 e. The Morgan fingerprint density at radius 3 is 2.47 bits per heavy atom. The van der Waals surface area contributed by atoms with E-state index in [0.29, 0.717) is 38.9 Å². The Bertz CT molecular complexity index is 1730. The van der Waals surface area contributed by atoms with Crippen molar-refractivity contribution < 1.29 is 5.11 Å². The van der Waals surface area contributed by atoms with Gasteiger partial charge in [-0.2, -0.15) is 4.52 Å². The highest BCUT2D eigenvalue weighted by atomic mass is 35.5. The number of aryl methyl sites for hydroxylation is 1. The van der Waals surface area contributed by atoms with Crippen LogP contribution in [0.25, 0.3) is 16.6 Å². The van der Waals surface area contributed by atoms with E-state index in [1.807, 2.05) is 72.3 Å². The molecule has 0 saturated carbocycles. The molecule has 6 rings (SSSR count). The van der Waals surface area contributed by atoms with Crippen LogP contribution in [0.3, 0.4) is 0 Å². The van der Waals surface area contributed by atoms with E-state index >= 15 is 0 Å². The second-order valence-electron chi connectivity index (χ2n) is 8.76. The number of nitrogens with zero attached hydrogens (tertiary/aromatic N) is 6. The van der Waals surface area contributed by atoms with Gasteiger partial charge in [0, 0.05) is 22.5 Å². The Balaban J connectivity index is 1.61. The molecule has 9 heteroatoms. The van der Waals surface area contributed by atoms with E-state index in [-0.39, 0.29) is 0 Å². The Labute approximate surface area is 216 Å². The molecule has 0 radical (unpaired) electrons. The summed E-state index contributed by atoms with van der Waals surface area (Å²) in [6, 6.07) is 22.8. The monoisotopic (exact) mass is 514 g/mol. The molecule has 3 aromatic carbocycles. The highest BCUT2D eigenvalue weighted by molar-refractivity contribution is 6.30. The Morgan fingerprint density at radius 1 is 0.917 bits per heavy atom. The predicted molar refractivity (Wildman–Crippen MR) is 139 cm³/mol. The van der Waals surface area contributed by atoms with Crippen LogP contribution in [0, 0.1) is 0 Å². The van der Waals surface area contributed by atoms with E-state index in [2.05, 4.69) is 20.5 Å². The van der Waals surface area contributed by atoms with Gasteiger partial charge in [-0.05, 0) is 81.6 Å². The molecular weight excluding hydrogens is 495 g/mol. The van der Waals surface area contributed by atoms with Gasteiger partial charge in [-0.15, -0.1) is 5.10 Å². The highest BCUT2D eigenvalue weighted by Crippen LogP contribution is 2.39. The van der Waals surface area contributed by atoms with Crippen molar-refractivity contribution in [3.63, 3.8) is 0 Å². The van der Waals surface area contributed by atoms with Crippen molar-refractivity contribution in [1.29, 1.82) is 0 Å². The van der Waals surface area contributed by atoms with Gasteiger partial charge in [0.05, 0.1) is 23.7 Å². The summed E-state index contributed by atoms with van der Waals surface area (Å²) in [6.07, 6.45) is 3.97. The Kier molecular flexibility index (Phi) is 5.48. The quantitative estimate of drug-likeness (QED) is 0.342. The van der Waals surface area contributed by atoms with E-state index in [0.717, 1.165) is 22.0 Å². The topological polar surface area (TPSA) is 81.1 Å². The number of benzene rings is 3. The van der Waals surface area contributed by atoms with Gasteiger partial charge in [-0.25, -0.2) is 4.98 Å². The summed E-state index contributed by atoms with van der Waals surface area (Å²) in [6.45, 7) is 0. The number of imidazole rings is 1. The SMILES string of the molecule is Cn1cncc1C(O)(c1ccc(Cl)cc1)c1ccc2c(c1)c(Cc1cccc(Cl)c1)cc1nnnn12. The first kappa shape index (κ1) is 22.7. The minimum absolute atomic E-state index is 0.592. The van der Waals surface area contributed by atoms with Crippen molar-refractivity contribution in [3.8, 4) is 0 Å². The summed E-state index contributed by atoms with van der Waals surface area (Å²) in [5, 5.41) is 26.8. The van der Waals surface area contributed by atoms with Crippen molar-refractivity contribution in [2.45, 2.75) is 12.0 Å². The van der Waals surface area contributed by atoms with Gasteiger partial charge in [-0.3, -0.25) is 0 Å². The molecule has 36 heavy (non-hydrogen) atoms. The van der Waals surface area contributed by atoms with Crippen LogP contribution >= 0.6 is 23.2 Å². The zero-order valence-corrected chi connectivity index (χ0v) is 20.7. The largest absolute Gasteiger partial charge is 0.374 e. The summed E-state index contributed by atoms with van der Waals surface area (Å²) in [5.41, 5.74) is 4.06. The number of aliphatic hydroxyl groups is 1. The van der Waals surface area contributed by atoms with Crippen LogP contribution in [0.1, 0.15) is 27.9 Å². The summed E-state index contributed by atoms with van der Waals surface area (Å²) in [7, 11) is 1.86. The maximum atomic E-state index is 12.4. The van der Waals surface area contributed by atoms with E-state index in [1.165, 1.54) is 0 Å². The first-order valence-electron chi connectivity index (χ1n) is 11.3. The molecule has 0 bridgehead atoms. The highest BCUT2D eigenvalue weighted by Gasteiger charge is 2.37. The molecule has 0 aliphatic rings. The van der Waals surface area contributed by atoms with Crippen molar-refractivity contribution in [1.82, 2.24) is 29.6 Å². The van der Waals surface area contributed by atoms with Crippen molar-refractivity contribution in [2.75, 3.05) is 0 Å². The normalized spacial score (nSPS) is 13.3. The summed E-state index contributed by atoms with van der Waals surface area (Å²) < 4.78 is 3.52. The van der Waals surface area contributed by atoms with Crippen LogP contribution in [0.15, 0.2) is 85.3 Å². The molecule has 0 amide bonds. The molecule has 1 atom stereocenters. The van der Waals surface area contributed by atoms with Crippen LogP contribution in [-0.4, -0.2) is 34.7 Å². The number of fused-ring (bicyclic) bond motifs is 3. The van der Waals surface area contributed by atoms with Gasteiger partial charge in [-0.1, -0.05) is 53.5 Å². The average molecular weight is 515 g/mol. The lowest BCUT2D eigenvalue weighted by Gasteiger charge is -2.30.